The molecule has 0 radical (unpaired) electrons. The van der Waals surface area contributed by atoms with Crippen LogP contribution in [0, 0.1) is 11.8 Å². The van der Waals surface area contributed by atoms with Crippen molar-refractivity contribution in [1.82, 2.24) is 9.80 Å². The fourth-order valence-electron chi connectivity index (χ4n) is 7.32. The summed E-state index contributed by atoms with van der Waals surface area (Å²) in [5.41, 5.74) is -0.716. The molecule has 2 heterocycles. The molecule has 0 unspecified atom stereocenters. The lowest BCUT2D eigenvalue weighted by Gasteiger charge is -2.43. The Labute approximate surface area is 300 Å². The fourth-order valence-corrected chi connectivity index (χ4v) is 7.32. The highest BCUT2D eigenvalue weighted by molar-refractivity contribution is 5.75. The molecule has 2 amide bonds. The van der Waals surface area contributed by atoms with Crippen molar-refractivity contribution >= 4 is 18.0 Å². The van der Waals surface area contributed by atoms with Gasteiger partial charge >= 0.3 is 12.1 Å². The van der Waals surface area contributed by atoms with Crippen LogP contribution in [0.25, 0.3) is 0 Å². The van der Waals surface area contributed by atoms with Gasteiger partial charge in [0.15, 0.2) is 6.10 Å². The standard InChI is InChI=1S/C39H66N3O8/c1-7-23-40(6)35(44)20-17-29(2)13-12-14-30(3)37-31(4)18-19-34(39(5,47)22-21-33(43)28-36(45)50-37)49-38(46)41-24-26-42(48,27-25-41)32-15-10-8-9-11-16-32/h12-14,18-19,29,31-34,37,43,47-48H,7-11,15-17,20-28H2,1-6H3/q+1/b13-12+,19-18+,30-14+/t29-,31+,33-,34+,37-,39-/m1/s1. The number of esters is 1. The van der Waals surface area contributed by atoms with Gasteiger partial charge in [0.25, 0.3) is 0 Å². The number of hydroxylamine groups is 3. The maximum absolute atomic E-state index is 13.5. The Morgan fingerprint density at radius 2 is 1.82 bits per heavy atom. The summed E-state index contributed by atoms with van der Waals surface area (Å²) in [5, 5.41) is 33.6. The summed E-state index contributed by atoms with van der Waals surface area (Å²) in [6.45, 7) is 11.8. The van der Waals surface area contributed by atoms with Crippen molar-refractivity contribution in [1.29, 1.82) is 0 Å². The van der Waals surface area contributed by atoms with Gasteiger partial charge in [-0.1, -0.05) is 57.9 Å². The van der Waals surface area contributed by atoms with Crippen LogP contribution in [-0.2, 0) is 19.1 Å². The van der Waals surface area contributed by atoms with E-state index in [2.05, 4.69) is 6.92 Å². The highest BCUT2D eigenvalue weighted by Gasteiger charge is 2.42. The molecule has 50 heavy (non-hydrogen) atoms. The number of carbonyl (C=O) groups excluding carboxylic acids is 3. The molecule has 3 rings (SSSR count). The molecule has 1 aliphatic carbocycles. The van der Waals surface area contributed by atoms with Gasteiger partial charge in [0.05, 0.1) is 25.6 Å². The van der Waals surface area contributed by atoms with Crippen LogP contribution in [0.5, 0.6) is 0 Å². The number of hydrogen-bond donors (Lipinski definition) is 3. The third-order valence-corrected chi connectivity index (χ3v) is 10.9. The molecule has 0 aromatic carbocycles. The van der Waals surface area contributed by atoms with E-state index in [1.807, 2.05) is 52.1 Å². The average Bonchev–Trinajstić information content (AvgIpc) is 3.37. The smallest absolute Gasteiger partial charge is 0.410 e. The Morgan fingerprint density at radius 1 is 1.16 bits per heavy atom. The average molecular weight is 705 g/mol. The molecule has 0 bridgehead atoms. The summed E-state index contributed by atoms with van der Waals surface area (Å²) >= 11 is 0. The molecule has 1 saturated heterocycles. The molecule has 2 aliphatic heterocycles. The Hall–Kier alpha value is -2.73. The number of carbonyl (C=O) groups is 3. The summed E-state index contributed by atoms with van der Waals surface area (Å²) in [6.07, 6.45) is 14.8. The molecule has 0 aromatic heterocycles. The van der Waals surface area contributed by atoms with Gasteiger partial charge in [-0.3, -0.25) is 14.5 Å². The van der Waals surface area contributed by atoms with Crippen LogP contribution >= 0.6 is 0 Å². The predicted molar refractivity (Wildman–Crippen MR) is 193 cm³/mol. The summed E-state index contributed by atoms with van der Waals surface area (Å²) in [6, 6.07) is 0.199. The van der Waals surface area contributed by atoms with Gasteiger partial charge in [-0.2, -0.15) is 4.65 Å². The highest BCUT2D eigenvalue weighted by Crippen LogP contribution is 2.30. The number of aliphatic hydroxyl groups excluding tert-OH is 1. The van der Waals surface area contributed by atoms with Crippen LogP contribution in [0.15, 0.2) is 36.0 Å². The highest BCUT2D eigenvalue weighted by atomic mass is 16.6. The van der Waals surface area contributed by atoms with Crippen LogP contribution in [0.3, 0.4) is 0 Å². The maximum Gasteiger partial charge on any atom is 0.410 e. The Balaban J connectivity index is 1.70. The number of rotatable bonds is 10. The largest absolute Gasteiger partial charge is 0.457 e. The second kappa shape index (κ2) is 19.8. The minimum Gasteiger partial charge on any atom is -0.457 e. The summed E-state index contributed by atoms with van der Waals surface area (Å²) < 4.78 is 11.8. The number of ether oxygens (including phenoxy) is 2. The van der Waals surface area contributed by atoms with Gasteiger partial charge in [-0.25, -0.2) is 10.0 Å². The maximum atomic E-state index is 13.5. The van der Waals surface area contributed by atoms with Crippen molar-refractivity contribution in [2.75, 3.05) is 39.8 Å². The van der Waals surface area contributed by atoms with Crippen molar-refractivity contribution < 1.29 is 43.9 Å². The van der Waals surface area contributed by atoms with Crippen LogP contribution < -0.4 is 0 Å². The Kier molecular flexibility index (Phi) is 16.5. The first kappa shape index (κ1) is 41.7. The number of nitrogens with zero attached hydrogens (tertiary/aromatic N) is 3. The third kappa shape index (κ3) is 12.8. The molecule has 284 valence electrons. The van der Waals surface area contributed by atoms with Crippen LogP contribution in [0.1, 0.15) is 112 Å². The Morgan fingerprint density at radius 3 is 2.46 bits per heavy atom. The Bertz CT molecular complexity index is 1180. The molecule has 1 saturated carbocycles. The zero-order chi connectivity index (χ0) is 36.9. The first-order valence-electron chi connectivity index (χ1n) is 19.1. The normalized spacial score (nSPS) is 30.4. The van der Waals surface area contributed by atoms with E-state index in [1.54, 1.807) is 22.8 Å². The lowest BCUT2D eigenvalue weighted by atomic mass is 9.88. The van der Waals surface area contributed by atoms with Crippen LogP contribution in [0.2, 0.25) is 0 Å². The summed E-state index contributed by atoms with van der Waals surface area (Å²) in [5.74, 6) is -0.565. The molecule has 3 aliphatic rings. The zero-order valence-electron chi connectivity index (χ0n) is 31.6. The number of piperazine rings is 1. The zero-order valence-corrected chi connectivity index (χ0v) is 31.6. The number of aliphatic hydroxyl groups is 2. The number of cyclic esters (lactones) is 1. The lowest BCUT2D eigenvalue weighted by molar-refractivity contribution is -1.12. The lowest BCUT2D eigenvalue weighted by Crippen LogP contribution is -2.63. The fraction of sp³-hybridized carbons (Fsp3) is 0.769. The summed E-state index contributed by atoms with van der Waals surface area (Å²) in [7, 11) is 1.83. The van der Waals surface area contributed by atoms with Gasteiger partial charge in [0.2, 0.25) is 5.91 Å². The molecular weight excluding hydrogens is 638 g/mol. The van der Waals surface area contributed by atoms with Gasteiger partial charge in [0, 0.05) is 38.8 Å². The van der Waals surface area contributed by atoms with Crippen molar-refractivity contribution in [2.45, 2.75) is 142 Å². The third-order valence-electron chi connectivity index (χ3n) is 10.9. The topological polar surface area (TPSA) is 137 Å². The molecular formula is C39H66N3O8+. The van der Waals surface area contributed by atoms with Gasteiger partial charge in [-0.15, -0.1) is 0 Å². The van der Waals surface area contributed by atoms with E-state index in [0.29, 0.717) is 32.6 Å². The van der Waals surface area contributed by atoms with Gasteiger partial charge < -0.3 is 24.6 Å². The first-order chi connectivity index (χ1) is 23.6. The van der Waals surface area contributed by atoms with E-state index in [1.165, 1.54) is 12.8 Å². The van der Waals surface area contributed by atoms with E-state index in [9.17, 15) is 29.8 Å². The molecule has 11 heteroatoms. The van der Waals surface area contributed by atoms with E-state index in [-0.39, 0.29) is 47.7 Å². The number of amides is 2. The van der Waals surface area contributed by atoms with E-state index < -0.39 is 36.0 Å². The second-order valence-corrected chi connectivity index (χ2v) is 15.4. The molecule has 0 aromatic rings. The monoisotopic (exact) mass is 704 g/mol. The minimum atomic E-state index is -1.51. The van der Waals surface area contributed by atoms with E-state index in [0.717, 1.165) is 50.6 Å². The van der Waals surface area contributed by atoms with E-state index in [4.69, 9.17) is 9.47 Å². The molecule has 6 atom stereocenters. The van der Waals surface area contributed by atoms with Crippen LogP contribution in [0.4, 0.5) is 4.79 Å². The first-order valence-corrected chi connectivity index (χ1v) is 19.1. The van der Waals surface area contributed by atoms with Crippen molar-refractivity contribution in [3.63, 3.8) is 0 Å². The SMILES string of the molecule is CCCN(C)C(=O)CC[C@H](C)/C=C/C=C(\C)[C@H]1OC(=O)C[C@H](O)CC[C@@](C)(O)[C@@H](OC(=O)N2CC[N+](O)(C3CCCCCC3)CC2)/C=C/[C@@H]1C. The minimum absolute atomic E-state index is 0.00235. The van der Waals surface area contributed by atoms with Gasteiger partial charge in [0.1, 0.15) is 30.8 Å². The quantitative estimate of drug-likeness (QED) is 0.0838. The van der Waals surface area contributed by atoms with E-state index >= 15 is 0 Å². The van der Waals surface area contributed by atoms with Crippen molar-refractivity contribution in [3.8, 4) is 0 Å². The van der Waals surface area contributed by atoms with Crippen LogP contribution in [-0.4, -0.2) is 118 Å². The molecule has 11 nitrogen and oxygen atoms in total. The molecule has 2 fully saturated rings. The van der Waals surface area contributed by atoms with Gasteiger partial charge in [-0.05, 0) is 69.9 Å². The number of hydrogen-bond acceptors (Lipinski definition) is 8. The molecule has 0 spiro atoms. The van der Waals surface area contributed by atoms with Crippen molar-refractivity contribution in [2.24, 2.45) is 11.8 Å². The van der Waals surface area contributed by atoms with Crippen molar-refractivity contribution in [3.05, 3.63) is 36.0 Å². The summed E-state index contributed by atoms with van der Waals surface area (Å²) in [4.78, 5) is 42.0. The molecule has 3 N–H and O–H groups in total. The second-order valence-electron chi connectivity index (χ2n) is 15.4. The predicted octanol–water partition coefficient (Wildman–Crippen LogP) is 5.92. The number of allylic oxidation sites excluding steroid dienone is 3. The number of quaternary nitrogens is 1.